The van der Waals surface area contributed by atoms with Gasteiger partial charge in [0.15, 0.2) is 14.1 Å². The van der Waals surface area contributed by atoms with Gasteiger partial charge in [-0.15, -0.1) is 0 Å². The normalized spacial score (nSPS) is 20.4. The van der Waals surface area contributed by atoms with Gasteiger partial charge in [-0.2, -0.15) is 0 Å². The summed E-state index contributed by atoms with van der Waals surface area (Å²) in [5.74, 6) is 0.931. The third-order valence-electron chi connectivity index (χ3n) is 5.91. The van der Waals surface area contributed by atoms with Gasteiger partial charge in [-0.05, 0) is 49.7 Å². The number of rotatable bonds is 8. The van der Waals surface area contributed by atoms with Crippen molar-refractivity contribution in [3.8, 4) is 0 Å². The maximum atomic E-state index is 6.75. The van der Waals surface area contributed by atoms with Crippen molar-refractivity contribution >= 4 is 8.32 Å². The lowest BCUT2D eigenvalue weighted by atomic mass is 10.1. The summed E-state index contributed by atoms with van der Waals surface area (Å²) in [7, 11) is -2.05. The summed E-state index contributed by atoms with van der Waals surface area (Å²) < 4.78 is 30.7. The highest BCUT2D eigenvalue weighted by atomic mass is 28.4. The van der Waals surface area contributed by atoms with Crippen LogP contribution in [0.2, 0.25) is 18.1 Å². The van der Waals surface area contributed by atoms with Gasteiger partial charge in [-0.1, -0.05) is 51.1 Å². The van der Waals surface area contributed by atoms with Crippen LogP contribution in [0.5, 0.6) is 0 Å². The second-order valence-electron chi connectivity index (χ2n) is 9.95. The molecule has 1 fully saturated rings. The average molecular weight is 433 g/mol. The topological polar surface area (TPSA) is 50.1 Å². The monoisotopic (exact) mass is 432 g/mol. The van der Waals surface area contributed by atoms with Gasteiger partial charge in [0.2, 0.25) is 0 Å². The summed E-state index contributed by atoms with van der Waals surface area (Å²) in [6.45, 7) is 16.5. The Bertz CT molecular complexity index is 807. The molecule has 1 aromatic heterocycles. The smallest absolute Gasteiger partial charge is 0.193 e. The molecule has 0 bridgehead atoms. The summed E-state index contributed by atoms with van der Waals surface area (Å²) >= 11 is 0. The van der Waals surface area contributed by atoms with E-state index in [0.29, 0.717) is 19.8 Å². The molecule has 2 aromatic rings. The van der Waals surface area contributed by atoms with Crippen molar-refractivity contribution in [3.05, 3.63) is 59.5 Å². The molecule has 0 saturated carbocycles. The Morgan fingerprint density at radius 2 is 1.77 bits per heavy atom. The van der Waals surface area contributed by atoms with Gasteiger partial charge in [0.05, 0.1) is 13.2 Å². The van der Waals surface area contributed by atoms with Crippen LogP contribution in [0.25, 0.3) is 0 Å². The molecule has 0 amide bonds. The standard InChI is InChI=1S/C24H36O5Si/c1-23(2,3)30(6,7)29-22(21-17-26-24(4,5)28-21)20-14-13-19(27-20)16-25-15-18-11-9-8-10-12-18/h8-14,21-22H,15-17H2,1-7H3/t21?,22-/m0/s1. The number of furan rings is 1. The van der Waals surface area contributed by atoms with Gasteiger partial charge >= 0.3 is 0 Å². The Balaban J connectivity index is 1.72. The lowest BCUT2D eigenvalue weighted by Crippen LogP contribution is -2.44. The largest absolute Gasteiger partial charge is 0.461 e. The minimum Gasteiger partial charge on any atom is -0.461 e. The molecule has 1 saturated heterocycles. The van der Waals surface area contributed by atoms with E-state index in [9.17, 15) is 0 Å². The van der Waals surface area contributed by atoms with Gasteiger partial charge in [0.1, 0.15) is 30.3 Å². The molecule has 166 valence electrons. The van der Waals surface area contributed by atoms with E-state index in [1.54, 1.807) is 0 Å². The first-order chi connectivity index (χ1) is 14.0. The van der Waals surface area contributed by atoms with Crippen LogP contribution in [0.15, 0.2) is 46.9 Å². The second kappa shape index (κ2) is 8.97. The molecule has 30 heavy (non-hydrogen) atoms. The molecule has 1 aliphatic rings. The van der Waals surface area contributed by atoms with E-state index < -0.39 is 14.1 Å². The first-order valence-electron chi connectivity index (χ1n) is 10.7. The SMILES string of the molecule is CC1(C)OCC([C@@H](O[Si](C)(C)C(C)(C)C)c2ccc(COCc3ccccc3)o2)O1. The highest BCUT2D eigenvalue weighted by molar-refractivity contribution is 6.74. The van der Waals surface area contributed by atoms with E-state index in [2.05, 4.69) is 46.0 Å². The van der Waals surface area contributed by atoms with E-state index in [0.717, 1.165) is 17.1 Å². The number of benzene rings is 1. The van der Waals surface area contributed by atoms with E-state index in [4.69, 9.17) is 23.1 Å². The lowest BCUT2D eigenvalue weighted by molar-refractivity contribution is -0.151. The van der Waals surface area contributed by atoms with Crippen LogP contribution in [-0.4, -0.2) is 26.8 Å². The molecule has 2 atom stereocenters. The van der Waals surface area contributed by atoms with Crippen molar-refractivity contribution in [1.29, 1.82) is 0 Å². The molecule has 0 spiro atoms. The van der Waals surface area contributed by atoms with Gasteiger partial charge < -0.3 is 23.1 Å². The van der Waals surface area contributed by atoms with Crippen LogP contribution in [0.4, 0.5) is 0 Å². The lowest BCUT2D eigenvalue weighted by Gasteiger charge is -2.40. The zero-order valence-corrected chi connectivity index (χ0v) is 20.4. The van der Waals surface area contributed by atoms with Crippen molar-refractivity contribution in [1.82, 2.24) is 0 Å². The van der Waals surface area contributed by atoms with Crippen LogP contribution in [0, 0.1) is 0 Å². The van der Waals surface area contributed by atoms with Gasteiger partial charge in [0, 0.05) is 0 Å². The van der Waals surface area contributed by atoms with Crippen molar-refractivity contribution < 1.29 is 23.1 Å². The first-order valence-corrected chi connectivity index (χ1v) is 13.6. The molecule has 1 aromatic carbocycles. The van der Waals surface area contributed by atoms with Crippen molar-refractivity contribution in [2.75, 3.05) is 6.61 Å². The Labute approximate surface area is 181 Å². The fraction of sp³-hybridized carbons (Fsp3) is 0.583. The van der Waals surface area contributed by atoms with Gasteiger partial charge in [0.25, 0.3) is 0 Å². The van der Waals surface area contributed by atoms with Gasteiger partial charge in [-0.25, -0.2) is 0 Å². The summed E-state index contributed by atoms with van der Waals surface area (Å²) in [6, 6.07) is 14.1. The van der Waals surface area contributed by atoms with Crippen LogP contribution in [0.1, 0.15) is 57.8 Å². The molecule has 0 N–H and O–H groups in total. The quantitative estimate of drug-likeness (QED) is 0.464. The minimum atomic E-state index is -2.05. The molecule has 0 radical (unpaired) electrons. The van der Waals surface area contributed by atoms with Crippen LogP contribution < -0.4 is 0 Å². The fourth-order valence-electron chi connectivity index (χ4n) is 3.14. The van der Waals surface area contributed by atoms with Gasteiger partial charge in [-0.3, -0.25) is 0 Å². The first kappa shape index (κ1) is 23.2. The Kier molecular flexibility index (Phi) is 6.94. The molecule has 3 rings (SSSR count). The predicted octanol–water partition coefficient (Wildman–Crippen LogP) is 6.21. The number of ether oxygens (including phenoxy) is 3. The molecule has 1 unspecified atom stereocenters. The van der Waals surface area contributed by atoms with E-state index in [1.165, 1.54) is 0 Å². The molecule has 1 aliphatic heterocycles. The highest BCUT2D eigenvalue weighted by Crippen LogP contribution is 2.43. The zero-order valence-electron chi connectivity index (χ0n) is 19.4. The minimum absolute atomic E-state index is 0.0778. The molecule has 2 heterocycles. The van der Waals surface area contributed by atoms with E-state index in [1.807, 2.05) is 44.2 Å². The number of hydrogen-bond acceptors (Lipinski definition) is 5. The zero-order chi connectivity index (χ0) is 22.0. The third kappa shape index (κ3) is 5.83. The summed E-state index contributed by atoms with van der Waals surface area (Å²) in [5.41, 5.74) is 1.14. The molecular formula is C24H36O5Si. The van der Waals surface area contributed by atoms with Crippen molar-refractivity contribution in [2.24, 2.45) is 0 Å². The molecule has 5 nitrogen and oxygen atoms in total. The third-order valence-corrected chi connectivity index (χ3v) is 10.4. The van der Waals surface area contributed by atoms with Crippen LogP contribution in [0.3, 0.4) is 0 Å². The molecular weight excluding hydrogens is 396 g/mol. The number of hydrogen-bond donors (Lipinski definition) is 0. The Morgan fingerprint density at radius 1 is 1.07 bits per heavy atom. The van der Waals surface area contributed by atoms with Crippen LogP contribution >= 0.6 is 0 Å². The maximum Gasteiger partial charge on any atom is 0.193 e. The molecule has 0 aliphatic carbocycles. The maximum absolute atomic E-state index is 6.75. The summed E-state index contributed by atoms with van der Waals surface area (Å²) in [6.07, 6.45) is -0.520. The summed E-state index contributed by atoms with van der Waals surface area (Å²) in [4.78, 5) is 0. The van der Waals surface area contributed by atoms with Crippen molar-refractivity contribution in [2.45, 2.75) is 84.0 Å². The van der Waals surface area contributed by atoms with Crippen molar-refractivity contribution in [3.63, 3.8) is 0 Å². The Hall–Kier alpha value is -1.44. The summed E-state index contributed by atoms with van der Waals surface area (Å²) in [5, 5.41) is 0.0778. The highest BCUT2D eigenvalue weighted by Gasteiger charge is 2.46. The second-order valence-corrected chi connectivity index (χ2v) is 14.7. The Morgan fingerprint density at radius 3 is 2.37 bits per heavy atom. The van der Waals surface area contributed by atoms with E-state index in [-0.39, 0.29) is 17.2 Å². The average Bonchev–Trinajstić information content (AvgIpc) is 3.26. The fourth-order valence-corrected chi connectivity index (χ4v) is 4.40. The van der Waals surface area contributed by atoms with Crippen LogP contribution in [-0.2, 0) is 31.9 Å². The van der Waals surface area contributed by atoms with E-state index >= 15 is 0 Å². The predicted molar refractivity (Wildman–Crippen MR) is 120 cm³/mol. The molecule has 6 heteroatoms.